The highest BCUT2D eigenvalue weighted by Crippen LogP contribution is 2.32. The van der Waals surface area contributed by atoms with E-state index in [-0.39, 0.29) is 0 Å². The van der Waals surface area contributed by atoms with Crippen LogP contribution in [0, 0.1) is 23.2 Å². The quantitative estimate of drug-likeness (QED) is 0.718. The lowest BCUT2D eigenvalue weighted by atomic mass is 10.0. The van der Waals surface area contributed by atoms with Crippen LogP contribution < -0.4 is 4.90 Å². The van der Waals surface area contributed by atoms with E-state index in [4.69, 9.17) is 5.26 Å². The Bertz CT molecular complexity index is 451. The second kappa shape index (κ2) is 4.01. The van der Waals surface area contributed by atoms with Gasteiger partial charge in [-0.25, -0.2) is 4.98 Å². The van der Waals surface area contributed by atoms with Crippen LogP contribution >= 0.6 is 0 Å². The molecule has 1 aromatic rings. The van der Waals surface area contributed by atoms with Gasteiger partial charge in [-0.05, 0) is 31.0 Å². The topological polar surface area (TPSA) is 43.2 Å². The lowest BCUT2D eigenvalue weighted by molar-refractivity contribution is 0.387. The first-order valence-corrected chi connectivity index (χ1v) is 6.06. The van der Waals surface area contributed by atoms with Gasteiger partial charge in [0.1, 0.15) is 5.82 Å². The van der Waals surface area contributed by atoms with E-state index in [2.05, 4.69) is 27.9 Å². The lowest BCUT2D eigenvalue weighted by Gasteiger charge is -2.20. The summed E-state index contributed by atoms with van der Waals surface area (Å²) in [5.41, 5.74) is 0.698. The molecule has 0 bridgehead atoms. The molecule has 0 aliphatic carbocycles. The summed E-state index contributed by atoms with van der Waals surface area (Å²) in [5, 5.41) is 8.90. The minimum Gasteiger partial charge on any atom is -0.356 e. The SMILES string of the molecule is CN1CC2CN(c3cc(C#N)ccn3)CC2C1. The number of rotatable bonds is 1. The number of nitriles is 1. The number of hydrogen-bond donors (Lipinski definition) is 0. The zero-order valence-corrected chi connectivity index (χ0v) is 10.0. The molecule has 3 heterocycles. The summed E-state index contributed by atoms with van der Waals surface area (Å²) in [4.78, 5) is 9.11. The van der Waals surface area contributed by atoms with Crippen molar-refractivity contribution in [2.75, 3.05) is 38.1 Å². The van der Waals surface area contributed by atoms with E-state index in [0.29, 0.717) is 5.56 Å². The number of hydrogen-bond acceptors (Lipinski definition) is 4. The number of fused-ring (bicyclic) bond motifs is 1. The molecule has 2 fully saturated rings. The average molecular weight is 228 g/mol. The van der Waals surface area contributed by atoms with Crippen molar-refractivity contribution in [2.24, 2.45) is 11.8 Å². The van der Waals surface area contributed by atoms with E-state index < -0.39 is 0 Å². The highest BCUT2D eigenvalue weighted by Gasteiger charge is 2.38. The number of likely N-dealkylation sites (tertiary alicyclic amines) is 1. The number of anilines is 1. The fourth-order valence-electron chi connectivity index (χ4n) is 3.08. The molecule has 1 aromatic heterocycles. The van der Waals surface area contributed by atoms with Crippen molar-refractivity contribution in [3.63, 3.8) is 0 Å². The van der Waals surface area contributed by atoms with Crippen molar-refractivity contribution < 1.29 is 0 Å². The van der Waals surface area contributed by atoms with Gasteiger partial charge >= 0.3 is 0 Å². The van der Waals surface area contributed by atoms with Gasteiger partial charge in [-0.3, -0.25) is 0 Å². The Hall–Kier alpha value is -1.60. The van der Waals surface area contributed by atoms with Gasteiger partial charge in [0, 0.05) is 32.4 Å². The van der Waals surface area contributed by atoms with Crippen LogP contribution in [-0.2, 0) is 0 Å². The molecule has 88 valence electrons. The first kappa shape index (κ1) is 10.5. The van der Waals surface area contributed by atoms with Crippen LogP contribution in [0.2, 0.25) is 0 Å². The Morgan fingerprint density at radius 1 is 1.29 bits per heavy atom. The second-order valence-corrected chi connectivity index (χ2v) is 5.16. The zero-order valence-electron chi connectivity index (χ0n) is 10.0. The van der Waals surface area contributed by atoms with E-state index in [9.17, 15) is 0 Å². The summed E-state index contributed by atoms with van der Waals surface area (Å²) in [5.74, 6) is 2.50. The Kier molecular flexibility index (Phi) is 2.49. The number of pyridine rings is 1. The van der Waals surface area contributed by atoms with Crippen LogP contribution in [0.25, 0.3) is 0 Å². The van der Waals surface area contributed by atoms with Gasteiger partial charge in [0.2, 0.25) is 0 Å². The zero-order chi connectivity index (χ0) is 11.8. The van der Waals surface area contributed by atoms with Gasteiger partial charge in [0.25, 0.3) is 0 Å². The molecule has 0 radical (unpaired) electrons. The normalized spacial score (nSPS) is 28.1. The van der Waals surface area contributed by atoms with Gasteiger partial charge in [-0.2, -0.15) is 5.26 Å². The predicted octanol–water partition coefficient (Wildman–Crippen LogP) is 0.951. The van der Waals surface area contributed by atoms with Crippen LogP contribution in [0.4, 0.5) is 5.82 Å². The summed E-state index contributed by atoms with van der Waals surface area (Å²) in [7, 11) is 2.19. The maximum Gasteiger partial charge on any atom is 0.129 e. The fraction of sp³-hybridized carbons (Fsp3) is 0.538. The van der Waals surface area contributed by atoms with Crippen molar-refractivity contribution in [1.82, 2.24) is 9.88 Å². The molecule has 0 aromatic carbocycles. The monoisotopic (exact) mass is 228 g/mol. The molecule has 3 rings (SSSR count). The lowest BCUT2D eigenvalue weighted by Crippen LogP contribution is -2.27. The van der Waals surface area contributed by atoms with E-state index >= 15 is 0 Å². The van der Waals surface area contributed by atoms with Crippen LogP contribution in [0.15, 0.2) is 18.3 Å². The minimum atomic E-state index is 0.698. The largest absolute Gasteiger partial charge is 0.356 e. The maximum absolute atomic E-state index is 8.90. The molecule has 0 amide bonds. The van der Waals surface area contributed by atoms with Crippen molar-refractivity contribution in [1.29, 1.82) is 5.26 Å². The Morgan fingerprint density at radius 3 is 2.65 bits per heavy atom. The molecule has 4 nitrogen and oxygen atoms in total. The molecule has 0 N–H and O–H groups in total. The van der Waals surface area contributed by atoms with Crippen LogP contribution in [0.1, 0.15) is 5.56 Å². The third-order valence-corrected chi connectivity index (χ3v) is 3.87. The number of aromatic nitrogens is 1. The molecule has 2 saturated heterocycles. The molecule has 2 aliphatic heterocycles. The summed E-state index contributed by atoms with van der Waals surface area (Å²) in [6.07, 6.45) is 1.73. The highest BCUT2D eigenvalue weighted by atomic mass is 15.3. The predicted molar refractivity (Wildman–Crippen MR) is 65.6 cm³/mol. The van der Waals surface area contributed by atoms with E-state index in [1.807, 2.05) is 6.07 Å². The Labute approximate surface area is 101 Å². The van der Waals surface area contributed by atoms with Gasteiger partial charge in [0.05, 0.1) is 11.6 Å². The smallest absolute Gasteiger partial charge is 0.129 e. The molecule has 2 unspecified atom stereocenters. The highest BCUT2D eigenvalue weighted by molar-refractivity contribution is 5.46. The van der Waals surface area contributed by atoms with Crippen molar-refractivity contribution >= 4 is 5.82 Å². The van der Waals surface area contributed by atoms with Crippen molar-refractivity contribution in [3.05, 3.63) is 23.9 Å². The summed E-state index contributed by atoms with van der Waals surface area (Å²) in [6.45, 7) is 4.55. The molecular weight excluding hydrogens is 212 g/mol. The first-order valence-electron chi connectivity index (χ1n) is 6.06. The Balaban J connectivity index is 1.77. The van der Waals surface area contributed by atoms with Crippen molar-refractivity contribution in [3.8, 4) is 6.07 Å². The van der Waals surface area contributed by atoms with Gasteiger partial charge < -0.3 is 9.80 Å². The van der Waals surface area contributed by atoms with Crippen LogP contribution in [0.5, 0.6) is 0 Å². The third kappa shape index (κ3) is 1.87. The minimum absolute atomic E-state index is 0.698. The summed E-state index contributed by atoms with van der Waals surface area (Å²) < 4.78 is 0. The molecule has 2 atom stereocenters. The molecule has 0 saturated carbocycles. The summed E-state index contributed by atoms with van der Waals surface area (Å²) in [6, 6.07) is 5.83. The molecule has 2 aliphatic rings. The van der Waals surface area contributed by atoms with E-state index in [1.165, 1.54) is 13.1 Å². The molecule has 17 heavy (non-hydrogen) atoms. The fourth-order valence-corrected chi connectivity index (χ4v) is 3.08. The maximum atomic E-state index is 8.90. The molecule has 0 spiro atoms. The number of nitrogens with zero attached hydrogens (tertiary/aromatic N) is 4. The summed E-state index contributed by atoms with van der Waals surface area (Å²) >= 11 is 0. The van der Waals surface area contributed by atoms with E-state index in [0.717, 1.165) is 30.7 Å². The third-order valence-electron chi connectivity index (χ3n) is 3.87. The van der Waals surface area contributed by atoms with Crippen molar-refractivity contribution in [2.45, 2.75) is 0 Å². The van der Waals surface area contributed by atoms with Gasteiger partial charge in [-0.15, -0.1) is 0 Å². The molecular formula is C13H16N4. The van der Waals surface area contributed by atoms with Crippen LogP contribution in [0.3, 0.4) is 0 Å². The average Bonchev–Trinajstić information content (AvgIpc) is 2.86. The van der Waals surface area contributed by atoms with Gasteiger partial charge in [0.15, 0.2) is 0 Å². The Morgan fingerprint density at radius 2 is 2.00 bits per heavy atom. The molecule has 4 heteroatoms. The first-order chi connectivity index (χ1) is 8.26. The standard InChI is InChI=1S/C13H16N4/c1-16-6-11-8-17(9-12(11)7-16)13-4-10(5-14)2-3-15-13/h2-4,11-12H,6-9H2,1H3. The second-order valence-electron chi connectivity index (χ2n) is 5.16. The van der Waals surface area contributed by atoms with Crippen LogP contribution in [-0.4, -0.2) is 43.1 Å². The van der Waals surface area contributed by atoms with E-state index in [1.54, 1.807) is 12.3 Å². The van der Waals surface area contributed by atoms with Gasteiger partial charge in [-0.1, -0.05) is 0 Å².